The average molecular weight is 211 g/mol. The molecule has 1 amide bonds. The number of aromatic amines is 1. The fourth-order valence-corrected chi connectivity index (χ4v) is 1.10. The molecule has 1 aromatic rings. The quantitative estimate of drug-likeness (QED) is 0.564. The molecule has 0 unspecified atom stereocenters. The van der Waals surface area contributed by atoms with Crippen LogP contribution in [0.3, 0.4) is 0 Å². The first-order chi connectivity index (χ1) is 7.27. The highest BCUT2D eigenvalue weighted by molar-refractivity contribution is 5.90. The number of H-pyrrole nitrogens is 1. The van der Waals surface area contributed by atoms with Gasteiger partial charge in [0.05, 0.1) is 0 Å². The minimum absolute atomic E-state index is 0.219. The Kier molecular flexibility index (Phi) is 4.76. The SMILES string of the molecule is CCc1nc(C(=O)NCCCNC)n[nH]1. The highest BCUT2D eigenvalue weighted by Crippen LogP contribution is 1.93. The molecular weight excluding hydrogens is 194 g/mol. The van der Waals surface area contributed by atoms with Crippen LogP contribution in [0.25, 0.3) is 0 Å². The molecule has 0 aliphatic heterocycles. The molecule has 0 bridgehead atoms. The largest absolute Gasteiger partial charge is 0.349 e. The minimum atomic E-state index is -0.220. The Morgan fingerprint density at radius 2 is 2.27 bits per heavy atom. The molecule has 15 heavy (non-hydrogen) atoms. The second kappa shape index (κ2) is 6.13. The van der Waals surface area contributed by atoms with Gasteiger partial charge < -0.3 is 10.6 Å². The van der Waals surface area contributed by atoms with E-state index < -0.39 is 0 Å². The van der Waals surface area contributed by atoms with Gasteiger partial charge >= 0.3 is 0 Å². The molecule has 0 fully saturated rings. The second-order valence-corrected chi connectivity index (χ2v) is 3.17. The van der Waals surface area contributed by atoms with Gasteiger partial charge in [-0.2, -0.15) is 0 Å². The van der Waals surface area contributed by atoms with E-state index in [1.807, 2.05) is 14.0 Å². The van der Waals surface area contributed by atoms with Crippen LogP contribution in [0.2, 0.25) is 0 Å². The first kappa shape index (κ1) is 11.6. The number of aromatic nitrogens is 3. The molecule has 0 aliphatic rings. The zero-order valence-corrected chi connectivity index (χ0v) is 9.13. The summed E-state index contributed by atoms with van der Waals surface area (Å²) in [5.74, 6) is 0.730. The Bertz CT molecular complexity index is 309. The van der Waals surface area contributed by atoms with Crippen LogP contribution in [0.5, 0.6) is 0 Å². The normalized spacial score (nSPS) is 10.3. The predicted octanol–water partition coefficient (Wildman–Crippen LogP) is -0.294. The zero-order valence-electron chi connectivity index (χ0n) is 9.13. The van der Waals surface area contributed by atoms with E-state index in [1.165, 1.54) is 0 Å². The van der Waals surface area contributed by atoms with Gasteiger partial charge in [0.25, 0.3) is 5.91 Å². The highest BCUT2D eigenvalue weighted by Gasteiger charge is 2.10. The van der Waals surface area contributed by atoms with Crippen molar-refractivity contribution in [2.45, 2.75) is 19.8 Å². The number of nitrogens with one attached hydrogen (secondary N) is 3. The lowest BCUT2D eigenvalue weighted by atomic mass is 10.4. The second-order valence-electron chi connectivity index (χ2n) is 3.17. The third kappa shape index (κ3) is 3.67. The molecule has 0 saturated heterocycles. The molecule has 0 atom stereocenters. The van der Waals surface area contributed by atoms with E-state index in [9.17, 15) is 4.79 Å². The van der Waals surface area contributed by atoms with Crippen LogP contribution in [0.15, 0.2) is 0 Å². The molecule has 6 nitrogen and oxygen atoms in total. The fourth-order valence-electron chi connectivity index (χ4n) is 1.10. The molecule has 84 valence electrons. The third-order valence-corrected chi connectivity index (χ3v) is 1.96. The topological polar surface area (TPSA) is 82.7 Å². The van der Waals surface area contributed by atoms with Gasteiger partial charge in [-0.15, -0.1) is 5.10 Å². The third-order valence-electron chi connectivity index (χ3n) is 1.96. The van der Waals surface area contributed by atoms with Crippen LogP contribution < -0.4 is 10.6 Å². The van der Waals surface area contributed by atoms with Gasteiger partial charge in [0.2, 0.25) is 5.82 Å². The number of carbonyl (C=O) groups excluding carboxylic acids is 1. The molecule has 0 saturated carbocycles. The monoisotopic (exact) mass is 211 g/mol. The maximum Gasteiger partial charge on any atom is 0.290 e. The Balaban J connectivity index is 2.33. The van der Waals surface area contributed by atoms with E-state index >= 15 is 0 Å². The molecule has 0 spiro atoms. The van der Waals surface area contributed by atoms with Crippen LogP contribution in [0, 0.1) is 0 Å². The van der Waals surface area contributed by atoms with E-state index in [0.717, 1.165) is 25.2 Å². The molecule has 1 aromatic heterocycles. The zero-order chi connectivity index (χ0) is 11.1. The van der Waals surface area contributed by atoms with Crippen molar-refractivity contribution in [3.8, 4) is 0 Å². The molecule has 0 aromatic carbocycles. The number of rotatable bonds is 6. The number of nitrogens with zero attached hydrogens (tertiary/aromatic N) is 2. The maximum absolute atomic E-state index is 11.5. The van der Waals surface area contributed by atoms with Crippen LogP contribution in [0.4, 0.5) is 0 Å². The van der Waals surface area contributed by atoms with Crippen LogP contribution in [0.1, 0.15) is 29.8 Å². The van der Waals surface area contributed by atoms with Gasteiger partial charge in [0.1, 0.15) is 5.82 Å². The summed E-state index contributed by atoms with van der Waals surface area (Å²) in [6.45, 7) is 3.47. The Morgan fingerprint density at radius 1 is 1.47 bits per heavy atom. The smallest absolute Gasteiger partial charge is 0.290 e. The summed E-state index contributed by atoms with van der Waals surface area (Å²) >= 11 is 0. The van der Waals surface area contributed by atoms with Crippen molar-refractivity contribution in [3.63, 3.8) is 0 Å². The van der Waals surface area contributed by atoms with E-state index in [1.54, 1.807) is 0 Å². The summed E-state index contributed by atoms with van der Waals surface area (Å²) < 4.78 is 0. The molecule has 0 aliphatic carbocycles. The molecule has 0 radical (unpaired) electrons. The molecule has 1 heterocycles. The number of hydrogen-bond acceptors (Lipinski definition) is 4. The van der Waals surface area contributed by atoms with E-state index in [-0.39, 0.29) is 11.7 Å². The fraction of sp³-hybridized carbons (Fsp3) is 0.667. The number of amides is 1. The molecule has 6 heteroatoms. The average Bonchev–Trinajstić information content (AvgIpc) is 2.72. The number of aryl methyl sites for hydroxylation is 1. The lowest BCUT2D eigenvalue weighted by molar-refractivity contribution is 0.0943. The van der Waals surface area contributed by atoms with Gasteiger partial charge in [0.15, 0.2) is 0 Å². The lowest BCUT2D eigenvalue weighted by Crippen LogP contribution is -2.27. The molecular formula is C9H17N5O. The van der Waals surface area contributed by atoms with E-state index in [4.69, 9.17) is 0 Å². The summed E-state index contributed by atoms with van der Waals surface area (Å²) in [6.07, 6.45) is 1.65. The van der Waals surface area contributed by atoms with Crippen molar-refractivity contribution in [2.24, 2.45) is 0 Å². The first-order valence-corrected chi connectivity index (χ1v) is 5.12. The van der Waals surface area contributed by atoms with Crippen LogP contribution >= 0.6 is 0 Å². The summed E-state index contributed by atoms with van der Waals surface area (Å²) in [4.78, 5) is 15.5. The van der Waals surface area contributed by atoms with Crippen molar-refractivity contribution in [2.75, 3.05) is 20.1 Å². The van der Waals surface area contributed by atoms with Gasteiger partial charge in [-0.05, 0) is 20.0 Å². The van der Waals surface area contributed by atoms with Crippen LogP contribution in [-0.4, -0.2) is 41.2 Å². The predicted molar refractivity (Wildman–Crippen MR) is 56.6 cm³/mol. The number of hydrogen-bond donors (Lipinski definition) is 3. The number of carbonyl (C=O) groups is 1. The molecule has 1 rings (SSSR count). The molecule has 3 N–H and O–H groups in total. The Morgan fingerprint density at radius 3 is 2.87 bits per heavy atom. The van der Waals surface area contributed by atoms with Crippen molar-refractivity contribution in [1.82, 2.24) is 25.8 Å². The summed E-state index contributed by atoms with van der Waals surface area (Å²) in [7, 11) is 1.88. The van der Waals surface area contributed by atoms with E-state index in [2.05, 4.69) is 25.8 Å². The van der Waals surface area contributed by atoms with Crippen molar-refractivity contribution < 1.29 is 4.79 Å². The summed E-state index contributed by atoms with van der Waals surface area (Å²) in [6, 6.07) is 0. The van der Waals surface area contributed by atoms with Crippen LogP contribution in [-0.2, 0) is 6.42 Å². The highest BCUT2D eigenvalue weighted by atomic mass is 16.2. The van der Waals surface area contributed by atoms with Crippen molar-refractivity contribution in [1.29, 1.82) is 0 Å². The van der Waals surface area contributed by atoms with Crippen molar-refractivity contribution in [3.05, 3.63) is 11.6 Å². The minimum Gasteiger partial charge on any atom is -0.349 e. The van der Waals surface area contributed by atoms with Gasteiger partial charge in [-0.25, -0.2) is 4.98 Å². The Labute approximate surface area is 88.9 Å². The lowest BCUT2D eigenvalue weighted by Gasteiger charge is -2.01. The summed E-state index contributed by atoms with van der Waals surface area (Å²) in [5.41, 5.74) is 0. The maximum atomic E-state index is 11.5. The van der Waals surface area contributed by atoms with E-state index in [0.29, 0.717) is 6.54 Å². The first-order valence-electron chi connectivity index (χ1n) is 5.12. The standard InChI is InChI=1S/C9H17N5O/c1-3-7-12-8(14-13-7)9(15)11-6-4-5-10-2/h10H,3-6H2,1-2H3,(H,11,15)(H,12,13,14). The van der Waals surface area contributed by atoms with Gasteiger partial charge in [-0.1, -0.05) is 6.92 Å². The Hall–Kier alpha value is -1.43. The van der Waals surface area contributed by atoms with Gasteiger partial charge in [0, 0.05) is 13.0 Å². The summed E-state index contributed by atoms with van der Waals surface area (Å²) in [5, 5.41) is 12.3. The van der Waals surface area contributed by atoms with Crippen molar-refractivity contribution >= 4 is 5.91 Å². The van der Waals surface area contributed by atoms with Gasteiger partial charge in [-0.3, -0.25) is 9.89 Å².